The Morgan fingerprint density at radius 1 is 1.75 bits per heavy atom. The Morgan fingerprint density at radius 3 is 2.81 bits per heavy atom. The lowest BCUT2D eigenvalue weighted by Gasteiger charge is -2.02. The van der Waals surface area contributed by atoms with Gasteiger partial charge >= 0.3 is 5.97 Å². The predicted molar refractivity (Wildman–Crippen MR) is 58.6 cm³/mol. The summed E-state index contributed by atoms with van der Waals surface area (Å²) in [4.78, 5) is 14.4. The van der Waals surface area contributed by atoms with Crippen LogP contribution in [0, 0.1) is 5.92 Å². The number of aliphatic carboxylic acids is 1. The highest BCUT2D eigenvalue weighted by molar-refractivity contribution is 5.82. The standard InChI is InChI=1S/C10H16FN3O2/c1-6(12)14-5-8(11)3-2-7-4-10(7,13)9(15)16/h3,7H,2,4-5,13H2,1H3,(H2,12,14)(H,15,16)/b8-3+/t7?,10-/m1/s1. The van der Waals surface area contributed by atoms with Crippen LogP contribution in [0.4, 0.5) is 4.39 Å². The number of carbonyl (C=O) groups is 1. The highest BCUT2D eigenvalue weighted by atomic mass is 19.1. The number of nitrogens with two attached hydrogens (primary N) is 2. The molecule has 0 aliphatic heterocycles. The number of nitrogens with zero attached hydrogens (tertiary/aromatic N) is 1. The van der Waals surface area contributed by atoms with Gasteiger partial charge in [0.15, 0.2) is 0 Å². The molecule has 5 N–H and O–H groups in total. The van der Waals surface area contributed by atoms with Crippen LogP contribution in [0.15, 0.2) is 16.9 Å². The second kappa shape index (κ2) is 4.61. The second-order valence-corrected chi connectivity index (χ2v) is 4.09. The van der Waals surface area contributed by atoms with Crippen molar-refractivity contribution in [1.29, 1.82) is 0 Å². The zero-order chi connectivity index (χ0) is 12.3. The first-order valence-electron chi connectivity index (χ1n) is 4.99. The van der Waals surface area contributed by atoms with E-state index >= 15 is 0 Å². The van der Waals surface area contributed by atoms with Crippen molar-refractivity contribution in [2.75, 3.05) is 6.54 Å². The largest absolute Gasteiger partial charge is 0.480 e. The van der Waals surface area contributed by atoms with E-state index in [1.807, 2.05) is 0 Å². The van der Waals surface area contributed by atoms with E-state index < -0.39 is 17.3 Å². The molecular formula is C10H16FN3O2. The predicted octanol–water partition coefficient (Wildman–Crippen LogP) is 0.409. The highest BCUT2D eigenvalue weighted by Gasteiger charge is 2.56. The summed E-state index contributed by atoms with van der Waals surface area (Å²) in [6.07, 6.45) is 2.05. The van der Waals surface area contributed by atoms with E-state index in [0.29, 0.717) is 18.7 Å². The molecule has 16 heavy (non-hydrogen) atoms. The zero-order valence-electron chi connectivity index (χ0n) is 9.11. The molecule has 0 spiro atoms. The molecule has 0 aromatic heterocycles. The Kier molecular flexibility index (Phi) is 3.64. The summed E-state index contributed by atoms with van der Waals surface area (Å²) in [6, 6.07) is 0. The van der Waals surface area contributed by atoms with Gasteiger partial charge < -0.3 is 16.6 Å². The van der Waals surface area contributed by atoms with E-state index in [-0.39, 0.29) is 12.5 Å². The lowest BCUT2D eigenvalue weighted by Crippen LogP contribution is -2.34. The number of allylic oxidation sites excluding steroid dienone is 1. The SMILES string of the molecule is CC(N)=NC/C(F)=C\CC1C[C@]1(N)C(=O)O. The van der Waals surface area contributed by atoms with Crippen molar-refractivity contribution in [2.45, 2.75) is 25.3 Å². The number of carboxylic acids is 1. The maximum Gasteiger partial charge on any atom is 0.323 e. The van der Waals surface area contributed by atoms with Gasteiger partial charge in [0.25, 0.3) is 0 Å². The van der Waals surface area contributed by atoms with Gasteiger partial charge in [0, 0.05) is 0 Å². The molecule has 0 aromatic rings. The molecule has 1 aliphatic rings. The van der Waals surface area contributed by atoms with Crippen molar-refractivity contribution in [1.82, 2.24) is 0 Å². The molecule has 5 nitrogen and oxygen atoms in total. The topological polar surface area (TPSA) is 102 Å². The normalized spacial score (nSPS) is 30.3. The van der Waals surface area contributed by atoms with Crippen molar-refractivity contribution < 1.29 is 14.3 Å². The van der Waals surface area contributed by atoms with Gasteiger partial charge in [-0.2, -0.15) is 0 Å². The summed E-state index contributed by atoms with van der Waals surface area (Å²) in [5.74, 6) is -1.31. The molecule has 0 bridgehead atoms. The van der Waals surface area contributed by atoms with Crippen LogP contribution in [0.25, 0.3) is 0 Å². The third-order valence-corrected chi connectivity index (χ3v) is 2.65. The minimum absolute atomic E-state index is 0.0975. The Morgan fingerprint density at radius 2 is 2.38 bits per heavy atom. The fourth-order valence-corrected chi connectivity index (χ4v) is 1.44. The number of carboxylic acid groups (broad SMARTS) is 1. The summed E-state index contributed by atoms with van der Waals surface area (Å²) < 4.78 is 13.1. The molecule has 1 unspecified atom stereocenters. The number of rotatable bonds is 5. The van der Waals surface area contributed by atoms with Gasteiger partial charge in [-0.3, -0.25) is 9.79 Å². The first-order valence-corrected chi connectivity index (χ1v) is 4.99. The van der Waals surface area contributed by atoms with Crippen LogP contribution in [0.2, 0.25) is 0 Å². The Bertz CT molecular complexity index is 350. The van der Waals surface area contributed by atoms with E-state index in [1.54, 1.807) is 6.92 Å². The highest BCUT2D eigenvalue weighted by Crippen LogP contribution is 2.44. The lowest BCUT2D eigenvalue weighted by atomic mass is 10.1. The molecule has 0 saturated heterocycles. The van der Waals surface area contributed by atoms with E-state index in [4.69, 9.17) is 16.6 Å². The number of aliphatic imine (C=N–C) groups is 1. The Labute approximate surface area is 93.0 Å². The first kappa shape index (κ1) is 12.6. The first-order chi connectivity index (χ1) is 7.36. The van der Waals surface area contributed by atoms with Crippen molar-refractivity contribution in [3.63, 3.8) is 0 Å². The molecule has 0 amide bonds. The molecule has 90 valence electrons. The fourth-order valence-electron chi connectivity index (χ4n) is 1.44. The molecular weight excluding hydrogens is 213 g/mol. The van der Waals surface area contributed by atoms with E-state index in [1.165, 1.54) is 6.08 Å². The molecule has 2 atom stereocenters. The van der Waals surface area contributed by atoms with Gasteiger partial charge in [0.2, 0.25) is 0 Å². The van der Waals surface area contributed by atoms with E-state index in [0.717, 1.165) is 0 Å². The third-order valence-electron chi connectivity index (χ3n) is 2.65. The van der Waals surface area contributed by atoms with Gasteiger partial charge in [-0.15, -0.1) is 0 Å². The smallest absolute Gasteiger partial charge is 0.323 e. The quantitative estimate of drug-likeness (QED) is 0.469. The van der Waals surface area contributed by atoms with Crippen LogP contribution in [0.1, 0.15) is 19.8 Å². The summed E-state index contributed by atoms with van der Waals surface area (Å²) in [5, 5.41) is 8.75. The van der Waals surface area contributed by atoms with E-state index in [9.17, 15) is 9.18 Å². The summed E-state index contributed by atoms with van der Waals surface area (Å²) in [7, 11) is 0. The molecule has 1 saturated carbocycles. The molecule has 0 aromatic carbocycles. The minimum Gasteiger partial charge on any atom is -0.480 e. The van der Waals surface area contributed by atoms with Crippen LogP contribution in [0.3, 0.4) is 0 Å². The van der Waals surface area contributed by atoms with E-state index in [2.05, 4.69) is 4.99 Å². The van der Waals surface area contributed by atoms with Gasteiger partial charge in [-0.25, -0.2) is 4.39 Å². The Balaban J connectivity index is 2.39. The van der Waals surface area contributed by atoms with Crippen molar-refractivity contribution >= 4 is 11.8 Å². The molecule has 1 aliphatic carbocycles. The van der Waals surface area contributed by atoms with Crippen molar-refractivity contribution in [2.24, 2.45) is 22.4 Å². The molecule has 1 fully saturated rings. The van der Waals surface area contributed by atoms with Crippen LogP contribution < -0.4 is 11.5 Å². The summed E-state index contributed by atoms with van der Waals surface area (Å²) in [5.41, 5.74) is 9.63. The average Bonchev–Trinajstić information content (AvgIpc) is 2.85. The van der Waals surface area contributed by atoms with Crippen LogP contribution in [-0.4, -0.2) is 29.0 Å². The second-order valence-electron chi connectivity index (χ2n) is 4.09. The number of halogens is 1. The van der Waals surface area contributed by atoms with Crippen LogP contribution >= 0.6 is 0 Å². The lowest BCUT2D eigenvalue weighted by molar-refractivity contribution is -0.140. The Hall–Kier alpha value is -1.43. The molecule has 1 rings (SSSR count). The van der Waals surface area contributed by atoms with Crippen molar-refractivity contribution in [3.8, 4) is 0 Å². The summed E-state index contributed by atoms with van der Waals surface area (Å²) >= 11 is 0. The van der Waals surface area contributed by atoms with Gasteiger partial charge in [0.1, 0.15) is 11.4 Å². The molecule has 0 heterocycles. The number of hydrogen-bond donors (Lipinski definition) is 3. The third kappa shape index (κ3) is 3.03. The van der Waals surface area contributed by atoms with Gasteiger partial charge in [0.05, 0.1) is 12.4 Å². The number of hydrogen-bond acceptors (Lipinski definition) is 3. The van der Waals surface area contributed by atoms with Gasteiger partial charge in [-0.05, 0) is 25.7 Å². The van der Waals surface area contributed by atoms with Crippen LogP contribution in [-0.2, 0) is 4.79 Å². The maximum absolute atomic E-state index is 13.1. The molecule has 0 radical (unpaired) electrons. The fraction of sp³-hybridized carbons (Fsp3) is 0.600. The van der Waals surface area contributed by atoms with Crippen LogP contribution in [0.5, 0.6) is 0 Å². The summed E-state index contributed by atoms with van der Waals surface area (Å²) in [6.45, 7) is 1.48. The maximum atomic E-state index is 13.1. The minimum atomic E-state index is -1.16. The number of amidine groups is 1. The zero-order valence-corrected chi connectivity index (χ0v) is 9.11. The molecule has 6 heteroatoms. The monoisotopic (exact) mass is 229 g/mol. The van der Waals surface area contributed by atoms with Gasteiger partial charge in [-0.1, -0.05) is 6.08 Å². The van der Waals surface area contributed by atoms with Crippen molar-refractivity contribution in [3.05, 3.63) is 11.9 Å². The average molecular weight is 229 g/mol.